The summed E-state index contributed by atoms with van der Waals surface area (Å²) >= 11 is 0. The SMILES string of the molecule is Fc1ccccc1-c1ccc2nc(-c3cccc(OCCN4CCOCC4)c3)oc2c1. The summed E-state index contributed by atoms with van der Waals surface area (Å²) in [6.45, 7) is 4.94. The summed E-state index contributed by atoms with van der Waals surface area (Å²) in [6, 6.07) is 20.0. The first-order valence-electron chi connectivity index (χ1n) is 10.5. The lowest BCUT2D eigenvalue weighted by Gasteiger charge is -2.26. The van der Waals surface area contributed by atoms with E-state index in [1.807, 2.05) is 48.5 Å². The second kappa shape index (κ2) is 8.88. The first kappa shape index (κ1) is 19.7. The van der Waals surface area contributed by atoms with Crippen LogP contribution in [-0.4, -0.2) is 49.3 Å². The zero-order valence-electron chi connectivity index (χ0n) is 17.1. The van der Waals surface area contributed by atoms with E-state index in [1.54, 1.807) is 12.1 Å². The van der Waals surface area contributed by atoms with Crippen molar-refractivity contribution < 1.29 is 18.3 Å². The van der Waals surface area contributed by atoms with Gasteiger partial charge in [0.25, 0.3) is 0 Å². The predicted molar refractivity (Wildman–Crippen MR) is 118 cm³/mol. The van der Waals surface area contributed by atoms with Crippen molar-refractivity contribution in [3.05, 3.63) is 72.5 Å². The second-order valence-electron chi connectivity index (χ2n) is 7.51. The minimum atomic E-state index is -0.261. The zero-order valence-corrected chi connectivity index (χ0v) is 17.1. The van der Waals surface area contributed by atoms with Gasteiger partial charge in [-0.3, -0.25) is 4.90 Å². The highest BCUT2D eigenvalue weighted by Crippen LogP contribution is 2.30. The van der Waals surface area contributed by atoms with Crippen LogP contribution in [0.1, 0.15) is 0 Å². The topological polar surface area (TPSA) is 47.7 Å². The van der Waals surface area contributed by atoms with Crippen LogP contribution in [0.2, 0.25) is 0 Å². The van der Waals surface area contributed by atoms with E-state index in [4.69, 9.17) is 13.9 Å². The van der Waals surface area contributed by atoms with Crippen molar-refractivity contribution in [3.8, 4) is 28.3 Å². The van der Waals surface area contributed by atoms with Crippen molar-refractivity contribution in [2.45, 2.75) is 0 Å². The summed E-state index contributed by atoms with van der Waals surface area (Å²) in [7, 11) is 0. The third kappa shape index (κ3) is 4.45. The van der Waals surface area contributed by atoms with E-state index in [1.165, 1.54) is 6.07 Å². The maximum Gasteiger partial charge on any atom is 0.227 e. The second-order valence-corrected chi connectivity index (χ2v) is 7.51. The van der Waals surface area contributed by atoms with Gasteiger partial charge in [0.2, 0.25) is 5.89 Å². The first-order valence-corrected chi connectivity index (χ1v) is 10.5. The molecule has 0 aliphatic carbocycles. The van der Waals surface area contributed by atoms with Crippen LogP contribution in [0.3, 0.4) is 0 Å². The number of ether oxygens (including phenoxy) is 2. The molecule has 5 rings (SSSR count). The van der Waals surface area contributed by atoms with Gasteiger partial charge in [0.05, 0.1) is 13.2 Å². The van der Waals surface area contributed by atoms with E-state index in [2.05, 4.69) is 9.88 Å². The molecule has 5 nitrogen and oxygen atoms in total. The average Bonchev–Trinajstić information content (AvgIpc) is 3.24. The van der Waals surface area contributed by atoms with E-state index in [0.717, 1.165) is 55.2 Å². The number of rotatable bonds is 6. The Balaban J connectivity index is 1.33. The third-order valence-electron chi connectivity index (χ3n) is 5.43. The lowest BCUT2D eigenvalue weighted by Crippen LogP contribution is -2.38. The minimum absolute atomic E-state index is 0.261. The molecule has 1 fully saturated rings. The van der Waals surface area contributed by atoms with E-state index in [-0.39, 0.29) is 5.82 Å². The van der Waals surface area contributed by atoms with Gasteiger partial charge in [-0.2, -0.15) is 0 Å². The third-order valence-corrected chi connectivity index (χ3v) is 5.43. The molecule has 0 bridgehead atoms. The molecule has 6 heteroatoms. The Labute approximate surface area is 180 Å². The Morgan fingerprint density at radius 3 is 2.68 bits per heavy atom. The van der Waals surface area contributed by atoms with Crippen molar-refractivity contribution in [3.63, 3.8) is 0 Å². The molecule has 2 heterocycles. The molecule has 0 unspecified atom stereocenters. The van der Waals surface area contributed by atoms with Gasteiger partial charge in [-0.05, 0) is 42.0 Å². The number of morpholine rings is 1. The molecule has 0 spiro atoms. The van der Waals surface area contributed by atoms with Crippen LogP contribution >= 0.6 is 0 Å². The molecular formula is C25H23FN2O3. The van der Waals surface area contributed by atoms with Crippen molar-refractivity contribution >= 4 is 11.1 Å². The molecule has 3 aromatic carbocycles. The van der Waals surface area contributed by atoms with Gasteiger partial charge >= 0.3 is 0 Å². The van der Waals surface area contributed by atoms with Gasteiger partial charge < -0.3 is 13.9 Å². The molecular weight excluding hydrogens is 395 g/mol. The predicted octanol–water partition coefficient (Wildman–Crippen LogP) is 5.01. The Kier molecular flexibility index (Phi) is 5.65. The van der Waals surface area contributed by atoms with Crippen LogP contribution in [0.25, 0.3) is 33.7 Å². The van der Waals surface area contributed by atoms with Crippen LogP contribution < -0.4 is 4.74 Å². The molecule has 0 radical (unpaired) electrons. The van der Waals surface area contributed by atoms with Crippen LogP contribution in [0.5, 0.6) is 5.75 Å². The van der Waals surface area contributed by atoms with Gasteiger partial charge in [-0.25, -0.2) is 9.37 Å². The zero-order chi connectivity index (χ0) is 21.0. The molecule has 1 aliphatic rings. The molecule has 1 aliphatic heterocycles. The molecule has 31 heavy (non-hydrogen) atoms. The summed E-state index contributed by atoms with van der Waals surface area (Å²) in [4.78, 5) is 6.93. The molecule has 0 amide bonds. The molecule has 1 saturated heterocycles. The molecule has 0 atom stereocenters. The van der Waals surface area contributed by atoms with E-state index < -0.39 is 0 Å². The van der Waals surface area contributed by atoms with Gasteiger partial charge in [0.15, 0.2) is 5.58 Å². The Bertz CT molecular complexity index is 1180. The van der Waals surface area contributed by atoms with Crippen molar-refractivity contribution in [2.24, 2.45) is 0 Å². The Hall–Kier alpha value is -3.22. The fourth-order valence-electron chi connectivity index (χ4n) is 3.75. The van der Waals surface area contributed by atoms with E-state index in [0.29, 0.717) is 23.6 Å². The van der Waals surface area contributed by atoms with Crippen LogP contribution in [0, 0.1) is 5.82 Å². The van der Waals surface area contributed by atoms with Crippen LogP contribution in [0.15, 0.2) is 71.1 Å². The van der Waals surface area contributed by atoms with Gasteiger partial charge in [-0.15, -0.1) is 0 Å². The maximum atomic E-state index is 14.1. The van der Waals surface area contributed by atoms with Gasteiger partial charge in [-0.1, -0.05) is 30.3 Å². The number of aromatic nitrogens is 1. The number of hydrogen-bond acceptors (Lipinski definition) is 5. The summed E-state index contributed by atoms with van der Waals surface area (Å²) in [5, 5.41) is 0. The van der Waals surface area contributed by atoms with E-state index in [9.17, 15) is 4.39 Å². The first-order chi connectivity index (χ1) is 15.3. The summed E-state index contributed by atoms with van der Waals surface area (Å²) in [6.07, 6.45) is 0. The molecule has 1 aromatic heterocycles. The monoisotopic (exact) mass is 418 g/mol. The van der Waals surface area contributed by atoms with Crippen molar-refractivity contribution in [1.82, 2.24) is 9.88 Å². The lowest BCUT2D eigenvalue weighted by molar-refractivity contribution is 0.0322. The average molecular weight is 418 g/mol. The highest BCUT2D eigenvalue weighted by atomic mass is 19.1. The summed E-state index contributed by atoms with van der Waals surface area (Å²) in [5.74, 6) is 1.03. The van der Waals surface area contributed by atoms with Crippen molar-refractivity contribution in [2.75, 3.05) is 39.5 Å². The number of hydrogen-bond donors (Lipinski definition) is 0. The minimum Gasteiger partial charge on any atom is -0.492 e. The highest BCUT2D eigenvalue weighted by molar-refractivity contribution is 5.82. The van der Waals surface area contributed by atoms with Crippen molar-refractivity contribution in [1.29, 1.82) is 0 Å². The van der Waals surface area contributed by atoms with Gasteiger partial charge in [0.1, 0.15) is 23.7 Å². The number of halogens is 1. The fraction of sp³-hybridized carbons (Fsp3) is 0.240. The van der Waals surface area contributed by atoms with E-state index >= 15 is 0 Å². The number of oxazole rings is 1. The normalized spacial score (nSPS) is 14.7. The largest absolute Gasteiger partial charge is 0.492 e. The standard InChI is InChI=1S/C25H23FN2O3/c26-22-7-2-1-6-21(22)18-8-9-23-24(17-18)31-25(27-23)19-4-3-5-20(16-19)30-15-12-28-10-13-29-14-11-28/h1-9,16-17H,10-15H2. The van der Waals surface area contributed by atoms with Crippen LogP contribution in [0.4, 0.5) is 4.39 Å². The highest BCUT2D eigenvalue weighted by Gasteiger charge is 2.13. The maximum absolute atomic E-state index is 14.1. The fourth-order valence-corrected chi connectivity index (χ4v) is 3.75. The quantitative estimate of drug-likeness (QED) is 0.440. The summed E-state index contributed by atoms with van der Waals surface area (Å²) in [5.41, 5.74) is 3.49. The smallest absolute Gasteiger partial charge is 0.227 e. The lowest BCUT2D eigenvalue weighted by atomic mass is 10.1. The molecule has 158 valence electrons. The number of nitrogens with zero attached hydrogens (tertiary/aromatic N) is 2. The Morgan fingerprint density at radius 1 is 0.935 bits per heavy atom. The number of fused-ring (bicyclic) bond motifs is 1. The molecule has 0 N–H and O–H groups in total. The molecule has 0 saturated carbocycles. The van der Waals surface area contributed by atoms with Gasteiger partial charge in [0, 0.05) is 30.8 Å². The number of benzene rings is 3. The Morgan fingerprint density at radius 2 is 1.81 bits per heavy atom. The van der Waals surface area contributed by atoms with Crippen LogP contribution in [-0.2, 0) is 4.74 Å². The molecule has 4 aromatic rings. The summed E-state index contributed by atoms with van der Waals surface area (Å²) < 4.78 is 31.5.